The normalized spacial score (nSPS) is 16.9. The van der Waals surface area contributed by atoms with E-state index in [4.69, 9.17) is 9.84 Å². The lowest BCUT2D eigenvalue weighted by Gasteiger charge is -2.23. The second kappa shape index (κ2) is 11.4. The van der Waals surface area contributed by atoms with Crippen LogP contribution in [0.3, 0.4) is 0 Å². The van der Waals surface area contributed by atoms with Crippen molar-refractivity contribution in [2.75, 3.05) is 23.9 Å². The van der Waals surface area contributed by atoms with Crippen LogP contribution in [0.25, 0.3) is 5.69 Å². The van der Waals surface area contributed by atoms with Crippen LogP contribution in [0.5, 0.6) is 5.75 Å². The number of ether oxygens (including phenoxy) is 1. The van der Waals surface area contributed by atoms with Crippen molar-refractivity contribution in [2.24, 2.45) is 0 Å². The minimum Gasteiger partial charge on any atom is -0.487 e. The fourth-order valence-electron chi connectivity index (χ4n) is 4.83. The Morgan fingerprint density at radius 2 is 2.03 bits per heavy atom. The summed E-state index contributed by atoms with van der Waals surface area (Å²) in [5.41, 5.74) is 4.01. The van der Waals surface area contributed by atoms with Gasteiger partial charge in [-0.25, -0.2) is 13.5 Å². The number of aromatic nitrogens is 2. The van der Waals surface area contributed by atoms with Gasteiger partial charge >= 0.3 is 0 Å². The number of fused-ring (bicyclic) bond motifs is 1. The number of aryl methyl sites for hydroxylation is 1. The number of halogens is 2. The minimum atomic E-state index is -2.91. The first kappa shape index (κ1) is 27.2. The Balaban J connectivity index is 1.35. The van der Waals surface area contributed by atoms with Crippen LogP contribution < -0.4 is 15.4 Å². The predicted molar refractivity (Wildman–Crippen MR) is 148 cm³/mol. The van der Waals surface area contributed by atoms with E-state index in [0.717, 1.165) is 18.2 Å². The summed E-state index contributed by atoms with van der Waals surface area (Å²) in [7, 11) is 0. The van der Waals surface area contributed by atoms with Gasteiger partial charge in [0.1, 0.15) is 17.1 Å². The lowest BCUT2D eigenvalue weighted by atomic mass is 9.96. The molecule has 2 aromatic carbocycles. The third-order valence-corrected chi connectivity index (χ3v) is 7.38. The molecule has 1 aliphatic carbocycles. The Kier molecular flexibility index (Phi) is 7.93. The molecule has 1 fully saturated rings. The molecule has 0 saturated heterocycles. The van der Waals surface area contributed by atoms with Crippen LogP contribution in [-0.2, 0) is 17.6 Å². The Morgan fingerprint density at radius 1 is 1.23 bits per heavy atom. The number of rotatable bonds is 11. The van der Waals surface area contributed by atoms with Crippen molar-refractivity contribution in [3.63, 3.8) is 0 Å². The number of thioether (sulfide) groups is 1. The van der Waals surface area contributed by atoms with Gasteiger partial charge in [0.05, 0.1) is 17.1 Å². The Hall–Kier alpha value is -3.40. The number of hydrogen-bond donors (Lipinski definition) is 2. The second-order valence-electron chi connectivity index (χ2n) is 10.4. The van der Waals surface area contributed by atoms with Gasteiger partial charge in [0.15, 0.2) is 6.61 Å². The molecule has 0 radical (unpaired) electrons. The average molecular weight is 555 g/mol. The van der Waals surface area contributed by atoms with Crippen LogP contribution in [0.1, 0.15) is 59.3 Å². The Morgan fingerprint density at radius 3 is 2.77 bits per heavy atom. The molecule has 7 nitrogen and oxygen atoms in total. The van der Waals surface area contributed by atoms with E-state index in [-0.39, 0.29) is 23.6 Å². The summed E-state index contributed by atoms with van der Waals surface area (Å²) in [6, 6.07) is 15.0. The van der Waals surface area contributed by atoms with Crippen molar-refractivity contribution in [2.45, 2.75) is 56.9 Å². The molecule has 1 atom stereocenters. The van der Waals surface area contributed by atoms with E-state index < -0.39 is 12.5 Å². The van der Waals surface area contributed by atoms with Crippen molar-refractivity contribution >= 4 is 29.4 Å². The number of alkyl halides is 2. The molecule has 0 spiro atoms. The molecule has 1 aliphatic heterocycles. The molecule has 10 heteroatoms. The monoisotopic (exact) mass is 554 g/mol. The number of nitrogens with zero attached hydrogens (tertiary/aromatic N) is 2. The van der Waals surface area contributed by atoms with Crippen molar-refractivity contribution in [3.05, 3.63) is 70.9 Å². The number of nitrogens with one attached hydrogen (secondary N) is 2. The van der Waals surface area contributed by atoms with Crippen LogP contribution in [0.4, 0.5) is 14.6 Å². The number of carbonyl (C=O) groups is 2. The SMILES string of the molecule is CSCC(=O)Nc1c2c(nn1-c1cccc(C3CC3)c1)C[C@H](CCc1cccc(OCC(C)(F)F)c1)NC2=O. The molecule has 2 heterocycles. The summed E-state index contributed by atoms with van der Waals surface area (Å²) in [5.74, 6) is -1.76. The molecule has 3 aromatic rings. The summed E-state index contributed by atoms with van der Waals surface area (Å²) in [5, 5.41) is 10.8. The van der Waals surface area contributed by atoms with Crippen LogP contribution in [-0.4, -0.2) is 52.2 Å². The molecule has 2 aliphatic rings. The highest BCUT2D eigenvalue weighted by Crippen LogP contribution is 2.41. The van der Waals surface area contributed by atoms with Crippen molar-refractivity contribution in [1.82, 2.24) is 15.1 Å². The molecule has 2 amide bonds. The number of carbonyl (C=O) groups excluding carboxylic acids is 2. The molecular formula is C29H32F2N4O3S. The van der Waals surface area contributed by atoms with Gasteiger partial charge in [-0.1, -0.05) is 24.3 Å². The lowest BCUT2D eigenvalue weighted by molar-refractivity contribution is -0.113. The molecule has 0 bridgehead atoms. The van der Waals surface area contributed by atoms with Gasteiger partial charge < -0.3 is 15.4 Å². The van der Waals surface area contributed by atoms with Gasteiger partial charge in [-0.15, -0.1) is 0 Å². The summed E-state index contributed by atoms with van der Waals surface area (Å²) >= 11 is 1.41. The maximum atomic E-state index is 13.3. The van der Waals surface area contributed by atoms with Crippen LogP contribution in [0, 0.1) is 0 Å². The maximum Gasteiger partial charge on any atom is 0.278 e. The van der Waals surface area contributed by atoms with Crippen molar-refractivity contribution in [1.29, 1.82) is 0 Å². The zero-order valence-corrected chi connectivity index (χ0v) is 22.8. The quantitative estimate of drug-likeness (QED) is 0.333. The summed E-state index contributed by atoms with van der Waals surface area (Å²) < 4.78 is 33.2. The smallest absolute Gasteiger partial charge is 0.278 e. The zero-order chi connectivity index (χ0) is 27.6. The molecule has 206 valence electrons. The number of benzene rings is 2. The van der Waals surface area contributed by atoms with E-state index in [1.54, 1.807) is 22.9 Å². The highest BCUT2D eigenvalue weighted by Gasteiger charge is 2.33. The largest absolute Gasteiger partial charge is 0.487 e. The molecule has 0 unspecified atom stereocenters. The topological polar surface area (TPSA) is 85.2 Å². The van der Waals surface area contributed by atoms with Gasteiger partial charge in [0.2, 0.25) is 5.91 Å². The molecule has 39 heavy (non-hydrogen) atoms. The maximum absolute atomic E-state index is 13.3. The van der Waals surface area contributed by atoms with Crippen LogP contribution in [0.15, 0.2) is 48.5 Å². The fourth-order valence-corrected chi connectivity index (χ4v) is 5.17. The van der Waals surface area contributed by atoms with Crippen LogP contribution >= 0.6 is 11.8 Å². The number of anilines is 1. The van der Waals surface area contributed by atoms with Gasteiger partial charge in [-0.2, -0.15) is 16.9 Å². The Bertz CT molecular complexity index is 1370. The van der Waals surface area contributed by atoms with Crippen LogP contribution in [0.2, 0.25) is 0 Å². The molecule has 1 aromatic heterocycles. The Labute approximate surface area is 230 Å². The van der Waals surface area contributed by atoms with E-state index in [9.17, 15) is 18.4 Å². The van der Waals surface area contributed by atoms with Gasteiger partial charge in [0, 0.05) is 19.4 Å². The third kappa shape index (κ3) is 6.79. The summed E-state index contributed by atoms with van der Waals surface area (Å²) in [4.78, 5) is 25.9. The standard InChI is InChI=1S/C29H32F2N4O3S/c1-29(30,31)17-38-23-8-3-5-18(13-23)9-12-21-15-24-26(28(37)32-21)27(33-25(36)16-39-2)35(34-24)22-7-4-6-20(14-22)19-10-11-19/h3-8,13-14,19,21H,9-12,15-17H2,1-2H3,(H,32,37)(H,33,36)/t21-/m0/s1. The van der Waals surface area contributed by atoms with E-state index in [0.29, 0.717) is 48.0 Å². The number of hydrogen-bond acceptors (Lipinski definition) is 5. The van der Waals surface area contributed by atoms with E-state index in [2.05, 4.69) is 22.8 Å². The van der Waals surface area contributed by atoms with E-state index in [1.165, 1.54) is 30.2 Å². The van der Waals surface area contributed by atoms with Gasteiger partial charge in [-0.05, 0) is 73.2 Å². The average Bonchev–Trinajstić information content (AvgIpc) is 3.69. The highest BCUT2D eigenvalue weighted by molar-refractivity contribution is 7.99. The first-order valence-electron chi connectivity index (χ1n) is 13.1. The molecule has 5 rings (SSSR count). The number of amides is 2. The van der Waals surface area contributed by atoms with Gasteiger partial charge in [0.25, 0.3) is 11.8 Å². The molecular weight excluding hydrogens is 522 g/mol. The summed E-state index contributed by atoms with van der Waals surface area (Å²) in [6.45, 7) is 0.140. The molecule has 1 saturated carbocycles. The minimum absolute atomic E-state index is 0.162. The van der Waals surface area contributed by atoms with E-state index in [1.807, 2.05) is 24.5 Å². The summed E-state index contributed by atoms with van der Waals surface area (Å²) in [6.07, 6.45) is 5.96. The lowest BCUT2D eigenvalue weighted by Crippen LogP contribution is -2.41. The second-order valence-corrected chi connectivity index (χ2v) is 11.2. The van der Waals surface area contributed by atoms with E-state index >= 15 is 0 Å². The third-order valence-electron chi connectivity index (χ3n) is 6.83. The highest BCUT2D eigenvalue weighted by atomic mass is 32.2. The first-order chi connectivity index (χ1) is 18.7. The van der Waals surface area contributed by atoms with Gasteiger partial charge in [-0.3, -0.25) is 9.59 Å². The van der Waals surface area contributed by atoms with Crippen molar-refractivity contribution < 1.29 is 23.1 Å². The van der Waals surface area contributed by atoms with Crippen molar-refractivity contribution in [3.8, 4) is 11.4 Å². The first-order valence-corrected chi connectivity index (χ1v) is 14.5. The predicted octanol–water partition coefficient (Wildman–Crippen LogP) is 5.37. The zero-order valence-electron chi connectivity index (χ0n) is 22.0. The molecule has 2 N–H and O–H groups in total. The fraction of sp³-hybridized carbons (Fsp3) is 0.414.